The normalized spacial score (nSPS) is 9.24. The summed E-state index contributed by atoms with van der Waals surface area (Å²) in [7, 11) is 0. The summed E-state index contributed by atoms with van der Waals surface area (Å²) in [5.74, 6) is -1.08. The second kappa shape index (κ2) is 23.4. The molecule has 0 amide bonds. The molecule has 0 saturated heterocycles. The Labute approximate surface area is 164 Å². The highest BCUT2D eigenvalue weighted by molar-refractivity contribution is 7.80. The van der Waals surface area contributed by atoms with Crippen LogP contribution in [0.5, 0.6) is 0 Å². The molecular formula is C14H30O8S3. The van der Waals surface area contributed by atoms with Gasteiger partial charge in [-0.2, -0.15) is 37.9 Å². The fraction of sp³-hybridized carbons (Fsp3) is 0.786. The van der Waals surface area contributed by atoms with E-state index in [-0.39, 0.29) is 37.9 Å². The number of carboxylic acids is 3. The smallest absolute Gasteiger partial charge is 0.304 e. The maximum absolute atomic E-state index is 9.55. The minimum atomic E-state index is -0.787. The fourth-order valence-corrected chi connectivity index (χ4v) is 0.911. The van der Waals surface area contributed by atoms with Gasteiger partial charge in [-0.15, -0.1) is 0 Å². The van der Waals surface area contributed by atoms with E-state index in [9.17, 15) is 14.4 Å². The van der Waals surface area contributed by atoms with E-state index in [1.165, 1.54) is 0 Å². The molecule has 152 valence electrons. The lowest BCUT2D eigenvalue weighted by Crippen LogP contribution is -2.20. The van der Waals surface area contributed by atoms with E-state index < -0.39 is 17.9 Å². The summed E-state index contributed by atoms with van der Waals surface area (Å²) >= 11 is 11.0. The molecule has 0 rings (SSSR count). The number of rotatable bonds is 8. The topological polar surface area (TPSA) is 152 Å². The number of thiol groups is 3. The van der Waals surface area contributed by atoms with Crippen LogP contribution in [0, 0.1) is 5.41 Å². The first-order valence-corrected chi connectivity index (χ1v) is 9.03. The molecule has 0 aliphatic carbocycles. The van der Waals surface area contributed by atoms with Crippen molar-refractivity contribution >= 4 is 55.8 Å². The number of carbonyl (C=O) groups is 3. The van der Waals surface area contributed by atoms with Gasteiger partial charge < -0.3 is 25.5 Å². The predicted molar refractivity (Wildman–Crippen MR) is 106 cm³/mol. The van der Waals surface area contributed by atoms with Crippen molar-refractivity contribution in [3.63, 3.8) is 0 Å². The zero-order chi connectivity index (χ0) is 20.9. The summed E-state index contributed by atoms with van der Waals surface area (Å²) in [5.41, 5.74) is -0.306. The summed E-state index contributed by atoms with van der Waals surface area (Å²) in [4.78, 5) is 28.7. The molecule has 11 heteroatoms. The molecular weight excluding hydrogens is 392 g/mol. The first kappa shape index (κ1) is 32.1. The molecule has 5 N–H and O–H groups in total. The fourth-order valence-electron chi connectivity index (χ4n) is 0.337. The van der Waals surface area contributed by atoms with Crippen molar-refractivity contribution in [1.82, 2.24) is 0 Å². The van der Waals surface area contributed by atoms with Crippen molar-refractivity contribution in [3.8, 4) is 0 Å². The van der Waals surface area contributed by atoms with E-state index in [1.54, 1.807) is 13.8 Å². The van der Waals surface area contributed by atoms with Gasteiger partial charge in [-0.05, 0) is 0 Å². The van der Waals surface area contributed by atoms with E-state index in [1.807, 2.05) is 0 Å². The molecule has 0 bridgehead atoms. The summed E-state index contributed by atoms with van der Waals surface area (Å²) in [6.07, 6.45) is 0.468. The first-order chi connectivity index (χ1) is 11.4. The molecule has 0 spiro atoms. The number of aliphatic hydroxyl groups is 2. The van der Waals surface area contributed by atoms with Crippen molar-refractivity contribution in [2.45, 2.75) is 33.1 Å². The lowest BCUT2D eigenvalue weighted by molar-refractivity contribution is -0.137. The van der Waals surface area contributed by atoms with Crippen LogP contribution in [-0.4, -0.2) is 73.9 Å². The molecule has 0 atom stereocenters. The Hall–Kier alpha value is -0.620. The van der Waals surface area contributed by atoms with Crippen LogP contribution in [0.3, 0.4) is 0 Å². The Morgan fingerprint density at radius 2 is 0.880 bits per heavy atom. The average Bonchev–Trinajstić information content (AvgIpc) is 2.48. The van der Waals surface area contributed by atoms with Crippen LogP contribution >= 0.6 is 37.9 Å². The Morgan fingerprint density at radius 3 is 0.880 bits per heavy atom. The molecule has 0 saturated carbocycles. The Bertz CT molecular complexity index is 294. The molecule has 0 unspecified atom stereocenters. The van der Waals surface area contributed by atoms with Crippen molar-refractivity contribution in [2.75, 3.05) is 30.5 Å². The van der Waals surface area contributed by atoms with Gasteiger partial charge >= 0.3 is 17.9 Å². The van der Waals surface area contributed by atoms with E-state index in [0.717, 1.165) is 0 Å². The molecule has 0 fully saturated rings. The molecule has 0 radical (unpaired) electrons. The molecule has 0 heterocycles. The Balaban J connectivity index is -0.000000118. The number of hydrogen-bond donors (Lipinski definition) is 8. The first-order valence-electron chi connectivity index (χ1n) is 7.13. The quantitative estimate of drug-likeness (QED) is 0.271. The minimum absolute atomic E-state index is 0.0451. The largest absolute Gasteiger partial charge is 0.481 e. The van der Waals surface area contributed by atoms with Crippen molar-refractivity contribution in [1.29, 1.82) is 0 Å². The zero-order valence-corrected chi connectivity index (χ0v) is 17.1. The maximum atomic E-state index is 9.55. The van der Waals surface area contributed by atoms with Crippen molar-refractivity contribution < 1.29 is 39.9 Å². The van der Waals surface area contributed by atoms with Crippen LogP contribution < -0.4 is 0 Å². The average molecular weight is 423 g/mol. The van der Waals surface area contributed by atoms with Crippen LogP contribution in [-0.2, 0) is 14.4 Å². The molecule has 0 aromatic carbocycles. The molecule has 0 aromatic heterocycles. The maximum Gasteiger partial charge on any atom is 0.304 e. The molecule has 8 nitrogen and oxygen atoms in total. The molecule has 0 aliphatic heterocycles. The van der Waals surface area contributed by atoms with Crippen LogP contribution in [0.2, 0.25) is 0 Å². The second-order valence-electron chi connectivity index (χ2n) is 5.08. The Kier molecular flexibility index (Phi) is 30.0. The minimum Gasteiger partial charge on any atom is -0.481 e. The van der Waals surface area contributed by atoms with E-state index >= 15 is 0 Å². The highest BCUT2D eigenvalue weighted by Crippen LogP contribution is 2.10. The van der Waals surface area contributed by atoms with Gasteiger partial charge in [0.1, 0.15) is 0 Å². The summed E-state index contributed by atoms with van der Waals surface area (Å²) in [6.45, 7) is 3.69. The van der Waals surface area contributed by atoms with E-state index in [4.69, 9.17) is 25.5 Å². The highest BCUT2D eigenvalue weighted by Gasteiger charge is 2.13. The van der Waals surface area contributed by atoms with Gasteiger partial charge in [0.2, 0.25) is 0 Å². The van der Waals surface area contributed by atoms with Gasteiger partial charge in [0.15, 0.2) is 0 Å². The van der Waals surface area contributed by atoms with Gasteiger partial charge in [-0.1, -0.05) is 13.8 Å². The number of carboxylic acid groups (broad SMARTS) is 3. The number of aliphatic carboxylic acids is 3. The third kappa shape index (κ3) is 51.7. The molecule has 0 aromatic rings. The molecule has 25 heavy (non-hydrogen) atoms. The van der Waals surface area contributed by atoms with E-state index in [0.29, 0.717) is 17.3 Å². The van der Waals surface area contributed by atoms with Crippen molar-refractivity contribution in [2.24, 2.45) is 5.41 Å². The predicted octanol–water partition coefficient (Wildman–Crippen LogP) is 1.17. The number of hydrogen-bond acceptors (Lipinski definition) is 8. The lowest BCUT2D eigenvalue weighted by atomic mass is 9.97. The zero-order valence-electron chi connectivity index (χ0n) is 14.5. The van der Waals surface area contributed by atoms with Gasteiger partial charge in [0, 0.05) is 22.7 Å². The Morgan fingerprint density at radius 1 is 0.680 bits per heavy atom. The van der Waals surface area contributed by atoms with Gasteiger partial charge in [0.25, 0.3) is 0 Å². The van der Waals surface area contributed by atoms with Crippen molar-refractivity contribution in [3.05, 3.63) is 0 Å². The van der Waals surface area contributed by atoms with Crippen LogP contribution in [0.1, 0.15) is 33.1 Å². The van der Waals surface area contributed by atoms with Gasteiger partial charge in [-0.3, -0.25) is 14.4 Å². The van der Waals surface area contributed by atoms with Gasteiger partial charge in [0.05, 0.1) is 32.5 Å². The molecule has 0 aliphatic rings. The SMILES string of the molecule is CC(C)(CO)CO.O=C(O)CCS.O=C(O)CCS.O=C(O)CCS. The van der Waals surface area contributed by atoms with Crippen LogP contribution in [0.25, 0.3) is 0 Å². The summed E-state index contributed by atoms with van der Waals surface area (Å²) in [5, 5.41) is 40.5. The monoisotopic (exact) mass is 422 g/mol. The second-order valence-corrected chi connectivity index (χ2v) is 6.42. The van der Waals surface area contributed by atoms with E-state index in [2.05, 4.69) is 37.9 Å². The third-order valence-electron chi connectivity index (χ3n) is 1.83. The highest BCUT2D eigenvalue weighted by atomic mass is 32.1. The summed E-state index contributed by atoms with van der Waals surface area (Å²) in [6, 6.07) is 0. The lowest BCUT2D eigenvalue weighted by Gasteiger charge is -2.16. The number of aliphatic hydroxyl groups excluding tert-OH is 2. The van der Waals surface area contributed by atoms with Crippen LogP contribution in [0.4, 0.5) is 0 Å². The standard InChI is InChI=1S/C5H12O2.3C3H6O2S/c1-5(2,3-6)4-7;3*4-3(5)1-2-6/h6-7H,3-4H2,1-2H3;3*6H,1-2H2,(H,4,5). The third-order valence-corrected chi connectivity index (χ3v) is 2.50. The van der Waals surface area contributed by atoms with Gasteiger partial charge in [-0.25, -0.2) is 0 Å². The summed E-state index contributed by atoms with van der Waals surface area (Å²) < 4.78 is 0. The van der Waals surface area contributed by atoms with Crippen LogP contribution in [0.15, 0.2) is 0 Å².